The molecule has 0 saturated heterocycles. The van der Waals surface area contributed by atoms with Gasteiger partial charge in [-0.25, -0.2) is 0 Å². The third-order valence-electron chi connectivity index (χ3n) is 1.76. The van der Waals surface area contributed by atoms with Crippen molar-refractivity contribution >= 4 is 8.07 Å². The predicted molar refractivity (Wildman–Crippen MR) is 50.1 cm³/mol. The minimum Gasteiger partial charge on any atom is -0.391 e. The summed E-state index contributed by atoms with van der Waals surface area (Å²) in [5.41, 5.74) is 0.291. The molecule has 0 aliphatic carbocycles. The Balaban J connectivity index is 3.61. The lowest BCUT2D eigenvalue weighted by molar-refractivity contribution is 0.0439. The molecule has 0 fully saturated rings. The van der Waals surface area contributed by atoms with E-state index < -0.39 is 14.2 Å². The van der Waals surface area contributed by atoms with Crippen LogP contribution in [0.1, 0.15) is 6.92 Å². The van der Waals surface area contributed by atoms with Crippen LogP contribution < -0.4 is 0 Å². The number of aliphatic hydroxyl groups excluding tert-OH is 1. The van der Waals surface area contributed by atoms with Crippen LogP contribution >= 0.6 is 0 Å². The van der Waals surface area contributed by atoms with E-state index in [4.69, 9.17) is 9.84 Å². The maximum atomic E-state index is 8.85. The van der Waals surface area contributed by atoms with E-state index >= 15 is 0 Å². The number of hydrogen-bond acceptors (Lipinski definition) is 2. The van der Waals surface area contributed by atoms with E-state index in [0.29, 0.717) is 12.3 Å². The van der Waals surface area contributed by atoms with Gasteiger partial charge in [0.25, 0.3) is 0 Å². The molecule has 67 valence electrons. The Morgan fingerprint density at radius 2 is 1.91 bits per heavy atom. The summed E-state index contributed by atoms with van der Waals surface area (Å²) in [7, 11) is -1.19. The van der Waals surface area contributed by atoms with E-state index in [-0.39, 0.29) is 0 Å². The zero-order valence-corrected chi connectivity index (χ0v) is 8.92. The minimum absolute atomic E-state index is 0.291. The summed E-state index contributed by atoms with van der Waals surface area (Å²) in [4.78, 5) is 0. The highest BCUT2D eigenvalue weighted by Gasteiger charge is 2.23. The van der Waals surface area contributed by atoms with Gasteiger partial charge in [-0.05, 0) is 13.8 Å². The number of aliphatic hydroxyl groups is 1. The van der Waals surface area contributed by atoms with E-state index in [2.05, 4.69) is 33.5 Å². The first-order chi connectivity index (χ1) is 4.84. The van der Waals surface area contributed by atoms with Crippen LogP contribution in [0.15, 0.2) is 0 Å². The van der Waals surface area contributed by atoms with Crippen molar-refractivity contribution in [3.63, 3.8) is 0 Å². The Morgan fingerprint density at radius 3 is 2.18 bits per heavy atom. The summed E-state index contributed by atoms with van der Waals surface area (Å²) < 4.78 is 5.42. The Hall–Kier alpha value is 0.137. The molecule has 0 aliphatic heterocycles. The van der Waals surface area contributed by atoms with Gasteiger partial charge in [-0.15, -0.1) is 0 Å². The van der Waals surface area contributed by atoms with Crippen molar-refractivity contribution < 1.29 is 9.84 Å². The molecule has 0 aliphatic rings. The molecular weight excluding hydrogens is 156 g/mol. The highest BCUT2D eigenvalue weighted by molar-refractivity contribution is 6.77. The molecule has 0 spiro atoms. The first-order valence-corrected chi connectivity index (χ1v) is 7.54. The van der Waals surface area contributed by atoms with Crippen LogP contribution in [0.2, 0.25) is 19.6 Å². The van der Waals surface area contributed by atoms with Gasteiger partial charge in [0.15, 0.2) is 0 Å². The Labute approximate surface area is 70.6 Å². The van der Waals surface area contributed by atoms with Gasteiger partial charge in [-0.1, -0.05) is 19.6 Å². The smallest absolute Gasteiger partial charge is 0.0781 e. The predicted octanol–water partition coefficient (Wildman–Crippen LogP) is 1.46. The standard InChI is InChI=1S/C8H19O2Si/c1-7(9)6-10-8(2)11(3,4)5/h7-9H,1,6H2,2-5H3. The molecule has 0 heterocycles. The van der Waals surface area contributed by atoms with Crippen molar-refractivity contribution in [3.05, 3.63) is 6.92 Å². The van der Waals surface area contributed by atoms with Gasteiger partial charge in [0.1, 0.15) is 0 Å². The molecule has 0 bridgehead atoms. The lowest BCUT2D eigenvalue weighted by Gasteiger charge is -2.25. The highest BCUT2D eigenvalue weighted by atomic mass is 28.3. The third-order valence-corrected chi connectivity index (χ3v) is 4.36. The summed E-state index contributed by atoms with van der Waals surface area (Å²) >= 11 is 0. The Morgan fingerprint density at radius 1 is 1.45 bits per heavy atom. The molecule has 0 rings (SSSR count). The molecule has 0 aromatic rings. The quantitative estimate of drug-likeness (QED) is 0.656. The van der Waals surface area contributed by atoms with Gasteiger partial charge in [0.2, 0.25) is 0 Å². The van der Waals surface area contributed by atoms with Gasteiger partial charge in [-0.2, -0.15) is 0 Å². The fraction of sp³-hybridized carbons (Fsp3) is 0.875. The van der Waals surface area contributed by atoms with Crippen molar-refractivity contribution in [2.45, 2.75) is 38.4 Å². The summed E-state index contributed by atoms with van der Waals surface area (Å²) in [6, 6.07) is 0. The molecule has 2 atom stereocenters. The molecule has 3 heteroatoms. The SMILES string of the molecule is [CH2]C(O)COC(C)[Si](C)(C)C. The Kier molecular flexibility index (Phi) is 4.29. The van der Waals surface area contributed by atoms with Crippen LogP contribution in [0.5, 0.6) is 0 Å². The maximum absolute atomic E-state index is 8.85. The van der Waals surface area contributed by atoms with Crippen LogP contribution in [0.3, 0.4) is 0 Å². The van der Waals surface area contributed by atoms with Crippen molar-refractivity contribution in [3.8, 4) is 0 Å². The molecule has 1 N–H and O–H groups in total. The van der Waals surface area contributed by atoms with Gasteiger partial charge in [0.05, 0.1) is 20.8 Å². The fourth-order valence-corrected chi connectivity index (χ4v) is 1.10. The molecule has 0 saturated carbocycles. The van der Waals surface area contributed by atoms with Gasteiger partial charge < -0.3 is 9.84 Å². The fourth-order valence-electron chi connectivity index (χ4n) is 0.505. The van der Waals surface area contributed by atoms with Crippen molar-refractivity contribution in [1.82, 2.24) is 0 Å². The second-order valence-electron chi connectivity index (χ2n) is 4.00. The monoisotopic (exact) mass is 175 g/mol. The van der Waals surface area contributed by atoms with Crippen molar-refractivity contribution in [1.29, 1.82) is 0 Å². The van der Waals surface area contributed by atoms with Gasteiger partial charge in [0, 0.05) is 5.73 Å². The largest absolute Gasteiger partial charge is 0.391 e. The van der Waals surface area contributed by atoms with Crippen LogP contribution in [0.4, 0.5) is 0 Å². The Bertz CT molecular complexity index is 107. The normalized spacial score (nSPS) is 18.0. The number of ether oxygens (including phenoxy) is 1. The summed E-state index contributed by atoms with van der Waals surface area (Å²) in [6.07, 6.45) is -0.589. The van der Waals surface area contributed by atoms with Crippen LogP contribution in [-0.4, -0.2) is 31.6 Å². The van der Waals surface area contributed by atoms with Crippen molar-refractivity contribution in [2.75, 3.05) is 6.61 Å². The first kappa shape index (κ1) is 11.1. The van der Waals surface area contributed by atoms with Crippen molar-refractivity contribution in [2.24, 2.45) is 0 Å². The summed E-state index contributed by atoms with van der Waals surface area (Å²) in [6.45, 7) is 12.6. The average molecular weight is 175 g/mol. The molecule has 1 radical (unpaired) electrons. The van der Waals surface area contributed by atoms with Crippen LogP contribution in [0.25, 0.3) is 0 Å². The zero-order chi connectivity index (χ0) is 9.07. The van der Waals surface area contributed by atoms with E-state index in [1.165, 1.54) is 0 Å². The third kappa shape index (κ3) is 5.41. The van der Waals surface area contributed by atoms with Crippen LogP contribution in [0, 0.1) is 6.92 Å². The first-order valence-electron chi connectivity index (χ1n) is 3.97. The second-order valence-corrected chi connectivity index (χ2v) is 9.54. The lowest BCUT2D eigenvalue weighted by Crippen LogP contribution is -2.39. The van der Waals surface area contributed by atoms with E-state index in [0.717, 1.165) is 0 Å². The molecule has 0 aromatic heterocycles. The van der Waals surface area contributed by atoms with E-state index in [9.17, 15) is 0 Å². The highest BCUT2D eigenvalue weighted by Crippen LogP contribution is 2.10. The van der Waals surface area contributed by atoms with E-state index in [1.54, 1.807) is 0 Å². The van der Waals surface area contributed by atoms with E-state index in [1.807, 2.05) is 0 Å². The molecule has 2 unspecified atom stereocenters. The summed E-state index contributed by atoms with van der Waals surface area (Å²) in [5, 5.41) is 8.85. The van der Waals surface area contributed by atoms with Gasteiger partial charge in [-0.3, -0.25) is 0 Å². The van der Waals surface area contributed by atoms with Gasteiger partial charge >= 0.3 is 0 Å². The summed E-state index contributed by atoms with van der Waals surface area (Å²) in [5.74, 6) is 0. The average Bonchev–Trinajstić information content (AvgIpc) is 1.80. The lowest BCUT2D eigenvalue weighted by atomic mass is 10.4. The maximum Gasteiger partial charge on any atom is 0.0781 e. The minimum atomic E-state index is -1.19. The van der Waals surface area contributed by atoms with Crippen LogP contribution in [-0.2, 0) is 4.74 Å². The molecule has 11 heavy (non-hydrogen) atoms. The zero-order valence-electron chi connectivity index (χ0n) is 7.92. The second kappa shape index (κ2) is 4.23. The molecule has 2 nitrogen and oxygen atoms in total. The molecular formula is C8H19O2Si. The topological polar surface area (TPSA) is 29.5 Å². The molecule has 0 amide bonds. The number of hydrogen-bond donors (Lipinski definition) is 1. The molecule has 0 aromatic carbocycles. The number of rotatable bonds is 4.